The van der Waals surface area contributed by atoms with Crippen LogP contribution in [0.3, 0.4) is 0 Å². The fraction of sp³-hybridized carbons (Fsp3) is 0.818. The SMILES string of the molecule is CCCOCc1noc(C2CCCC2O)n1. The van der Waals surface area contributed by atoms with Gasteiger partial charge in [0.2, 0.25) is 5.89 Å². The van der Waals surface area contributed by atoms with Gasteiger partial charge in [0.1, 0.15) is 6.61 Å². The molecule has 0 spiro atoms. The Bertz CT molecular complexity index is 327. The molecule has 5 nitrogen and oxygen atoms in total. The zero-order valence-electron chi connectivity index (χ0n) is 9.56. The number of aliphatic hydroxyl groups excluding tert-OH is 1. The minimum absolute atomic E-state index is 0.0208. The molecule has 0 bridgehead atoms. The summed E-state index contributed by atoms with van der Waals surface area (Å²) in [5, 5.41) is 13.6. The van der Waals surface area contributed by atoms with Gasteiger partial charge >= 0.3 is 0 Å². The summed E-state index contributed by atoms with van der Waals surface area (Å²) in [5.74, 6) is 1.15. The lowest BCUT2D eigenvalue weighted by Crippen LogP contribution is -2.11. The molecule has 1 aromatic heterocycles. The molecule has 90 valence electrons. The molecule has 0 aromatic carbocycles. The van der Waals surface area contributed by atoms with Crippen LogP contribution in [0.15, 0.2) is 4.52 Å². The van der Waals surface area contributed by atoms with Crippen LogP contribution in [0.1, 0.15) is 50.2 Å². The van der Waals surface area contributed by atoms with E-state index < -0.39 is 0 Å². The minimum atomic E-state index is -0.329. The molecule has 0 saturated heterocycles. The third-order valence-electron chi connectivity index (χ3n) is 2.86. The zero-order valence-corrected chi connectivity index (χ0v) is 9.56. The fourth-order valence-corrected chi connectivity index (χ4v) is 2.01. The van der Waals surface area contributed by atoms with E-state index in [1.165, 1.54) is 0 Å². The number of rotatable bonds is 5. The summed E-state index contributed by atoms with van der Waals surface area (Å²) in [6, 6.07) is 0. The van der Waals surface area contributed by atoms with E-state index in [0.29, 0.717) is 24.9 Å². The first-order valence-corrected chi connectivity index (χ1v) is 5.89. The Hall–Kier alpha value is -0.940. The van der Waals surface area contributed by atoms with Crippen molar-refractivity contribution in [1.82, 2.24) is 10.1 Å². The van der Waals surface area contributed by atoms with E-state index in [1.54, 1.807) is 0 Å². The van der Waals surface area contributed by atoms with Crippen molar-refractivity contribution >= 4 is 0 Å². The van der Waals surface area contributed by atoms with E-state index in [-0.39, 0.29) is 12.0 Å². The van der Waals surface area contributed by atoms with Gasteiger partial charge in [0, 0.05) is 6.61 Å². The van der Waals surface area contributed by atoms with E-state index in [9.17, 15) is 5.11 Å². The van der Waals surface area contributed by atoms with Gasteiger partial charge in [-0.2, -0.15) is 4.98 Å². The molecule has 1 aliphatic carbocycles. The maximum Gasteiger partial charge on any atom is 0.232 e. The van der Waals surface area contributed by atoms with Crippen molar-refractivity contribution < 1.29 is 14.4 Å². The van der Waals surface area contributed by atoms with Crippen molar-refractivity contribution in [3.05, 3.63) is 11.7 Å². The van der Waals surface area contributed by atoms with Gasteiger partial charge in [-0.05, 0) is 25.7 Å². The molecule has 1 aromatic rings. The Morgan fingerprint density at radius 1 is 1.50 bits per heavy atom. The standard InChI is InChI=1S/C11H18N2O3/c1-2-6-15-7-10-12-11(16-13-10)8-4-3-5-9(8)14/h8-9,14H,2-7H2,1H3. The highest BCUT2D eigenvalue weighted by Crippen LogP contribution is 2.33. The third-order valence-corrected chi connectivity index (χ3v) is 2.86. The van der Waals surface area contributed by atoms with Crippen LogP contribution in [0.25, 0.3) is 0 Å². The number of aliphatic hydroxyl groups is 1. The van der Waals surface area contributed by atoms with Crippen molar-refractivity contribution in [1.29, 1.82) is 0 Å². The molecule has 1 N–H and O–H groups in total. The molecule has 16 heavy (non-hydrogen) atoms. The van der Waals surface area contributed by atoms with Gasteiger partial charge < -0.3 is 14.4 Å². The average molecular weight is 226 g/mol. The second-order valence-electron chi connectivity index (χ2n) is 4.21. The molecule has 0 radical (unpaired) electrons. The monoisotopic (exact) mass is 226 g/mol. The van der Waals surface area contributed by atoms with Crippen LogP contribution in [0.5, 0.6) is 0 Å². The Balaban J connectivity index is 1.91. The zero-order chi connectivity index (χ0) is 11.4. The van der Waals surface area contributed by atoms with Crippen LogP contribution in [0.4, 0.5) is 0 Å². The Kier molecular flexibility index (Phi) is 3.90. The number of hydrogen-bond acceptors (Lipinski definition) is 5. The quantitative estimate of drug-likeness (QED) is 0.773. The minimum Gasteiger partial charge on any atom is -0.392 e. The predicted molar refractivity (Wildman–Crippen MR) is 56.8 cm³/mol. The number of ether oxygens (including phenoxy) is 1. The molecule has 2 atom stereocenters. The van der Waals surface area contributed by atoms with Crippen LogP contribution in [-0.4, -0.2) is 28.0 Å². The fourth-order valence-electron chi connectivity index (χ4n) is 2.01. The van der Waals surface area contributed by atoms with E-state index in [0.717, 1.165) is 25.7 Å². The topological polar surface area (TPSA) is 68.4 Å². The molecular weight excluding hydrogens is 208 g/mol. The van der Waals surface area contributed by atoms with E-state index in [4.69, 9.17) is 9.26 Å². The van der Waals surface area contributed by atoms with Crippen molar-refractivity contribution in [2.75, 3.05) is 6.61 Å². The van der Waals surface area contributed by atoms with Gasteiger partial charge in [-0.15, -0.1) is 0 Å². The molecule has 1 fully saturated rings. The van der Waals surface area contributed by atoms with Gasteiger partial charge in [0.25, 0.3) is 0 Å². The van der Waals surface area contributed by atoms with Crippen molar-refractivity contribution in [3.63, 3.8) is 0 Å². The number of hydrogen-bond donors (Lipinski definition) is 1. The molecule has 0 amide bonds. The van der Waals surface area contributed by atoms with Crippen LogP contribution in [-0.2, 0) is 11.3 Å². The van der Waals surface area contributed by atoms with Crippen LogP contribution in [0, 0.1) is 0 Å². The lowest BCUT2D eigenvalue weighted by atomic mass is 10.1. The van der Waals surface area contributed by atoms with Crippen LogP contribution >= 0.6 is 0 Å². The first-order valence-electron chi connectivity index (χ1n) is 5.89. The van der Waals surface area contributed by atoms with Crippen molar-refractivity contribution in [3.8, 4) is 0 Å². The van der Waals surface area contributed by atoms with Crippen LogP contribution < -0.4 is 0 Å². The number of nitrogens with zero attached hydrogens (tertiary/aromatic N) is 2. The van der Waals surface area contributed by atoms with Gasteiger partial charge in [-0.3, -0.25) is 0 Å². The molecule has 1 saturated carbocycles. The summed E-state index contributed by atoms with van der Waals surface area (Å²) >= 11 is 0. The van der Waals surface area contributed by atoms with Gasteiger partial charge in [-0.25, -0.2) is 0 Å². The first-order chi connectivity index (χ1) is 7.81. The van der Waals surface area contributed by atoms with Gasteiger partial charge in [-0.1, -0.05) is 12.1 Å². The lowest BCUT2D eigenvalue weighted by molar-refractivity contribution is 0.114. The average Bonchev–Trinajstić information content (AvgIpc) is 2.87. The molecule has 0 aliphatic heterocycles. The summed E-state index contributed by atoms with van der Waals surface area (Å²) in [6.07, 6.45) is 3.43. The van der Waals surface area contributed by atoms with Gasteiger partial charge in [0.15, 0.2) is 5.82 Å². The Morgan fingerprint density at radius 2 is 2.38 bits per heavy atom. The molecule has 1 aliphatic rings. The molecule has 2 unspecified atom stereocenters. The summed E-state index contributed by atoms with van der Waals surface area (Å²) in [4.78, 5) is 4.25. The Labute approximate surface area is 94.8 Å². The van der Waals surface area contributed by atoms with E-state index in [2.05, 4.69) is 17.1 Å². The van der Waals surface area contributed by atoms with E-state index in [1.807, 2.05) is 0 Å². The summed E-state index contributed by atoms with van der Waals surface area (Å²) < 4.78 is 10.5. The van der Waals surface area contributed by atoms with Crippen LogP contribution in [0.2, 0.25) is 0 Å². The predicted octanol–water partition coefficient (Wildman–Crippen LogP) is 1.62. The highest BCUT2D eigenvalue weighted by atomic mass is 16.5. The molecule has 2 rings (SSSR count). The number of aromatic nitrogens is 2. The maximum atomic E-state index is 9.71. The van der Waals surface area contributed by atoms with Crippen molar-refractivity contribution in [2.45, 2.75) is 51.2 Å². The second-order valence-corrected chi connectivity index (χ2v) is 4.21. The smallest absolute Gasteiger partial charge is 0.232 e. The summed E-state index contributed by atoms with van der Waals surface area (Å²) in [7, 11) is 0. The lowest BCUT2D eigenvalue weighted by Gasteiger charge is -2.07. The first kappa shape index (κ1) is 11.5. The second kappa shape index (κ2) is 5.41. The van der Waals surface area contributed by atoms with Gasteiger partial charge in [0.05, 0.1) is 12.0 Å². The van der Waals surface area contributed by atoms with Crippen molar-refractivity contribution in [2.24, 2.45) is 0 Å². The highest BCUT2D eigenvalue weighted by Gasteiger charge is 2.31. The normalized spacial score (nSPS) is 25.1. The summed E-state index contributed by atoms with van der Waals surface area (Å²) in [6.45, 7) is 3.15. The molecule has 1 heterocycles. The summed E-state index contributed by atoms with van der Waals surface area (Å²) in [5.41, 5.74) is 0. The largest absolute Gasteiger partial charge is 0.392 e. The van der Waals surface area contributed by atoms with E-state index >= 15 is 0 Å². The Morgan fingerprint density at radius 3 is 3.06 bits per heavy atom. The molecule has 5 heteroatoms. The maximum absolute atomic E-state index is 9.71. The molecular formula is C11H18N2O3. The highest BCUT2D eigenvalue weighted by molar-refractivity contribution is 4.99. The third kappa shape index (κ3) is 2.59.